The van der Waals surface area contributed by atoms with E-state index >= 15 is 0 Å². The van der Waals surface area contributed by atoms with E-state index in [0.717, 1.165) is 19.4 Å². The minimum Gasteiger partial charge on any atom is -0.479 e. The SMILES string of the molecule is CC1CC(NC(=O)C(C)Oc2cccc(Cl)c2Cl)CCN1. The fourth-order valence-corrected chi connectivity index (χ4v) is 2.74. The molecule has 0 bridgehead atoms. The van der Waals surface area contributed by atoms with Crippen LogP contribution < -0.4 is 15.4 Å². The largest absolute Gasteiger partial charge is 0.479 e. The molecule has 116 valence electrons. The fraction of sp³-hybridized carbons (Fsp3) is 0.533. The van der Waals surface area contributed by atoms with E-state index in [-0.39, 0.29) is 11.9 Å². The highest BCUT2D eigenvalue weighted by atomic mass is 35.5. The third-order valence-corrected chi connectivity index (χ3v) is 4.36. The number of carbonyl (C=O) groups excluding carboxylic acids is 1. The Balaban J connectivity index is 1.91. The summed E-state index contributed by atoms with van der Waals surface area (Å²) >= 11 is 12.0. The van der Waals surface area contributed by atoms with Crippen LogP contribution in [0.15, 0.2) is 18.2 Å². The number of halogens is 2. The van der Waals surface area contributed by atoms with Gasteiger partial charge in [-0.05, 0) is 45.4 Å². The van der Waals surface area contributed by atoms with E-state index in [9.17, 15) is 4.79 Å². The smallest absolute Gasteiger partial charge is 0.260 e. The lowest BCUT2D eigenvalue weighted by Gasteiger charge is -2.29. The van der Waals surface area contributed by atoms with Crippen molar-refractivity contribution in [3.8, 4) is 5.75 Å². The number of hydrogen-bond acceptors (Lipinski definition) is 3. The predicted octanol–water partition coefficient (Wildman–Crippen LogP) is 3.02. The first-order chi connectivity index (χ1) is 9.97. The molecule has 1 amide bonds. The minimum atomic E-state index is -0.619. The molecule has 2 N–H and O–H groups in total. The molecule has 1 fully saturated rings. The van der Waals surface area contributed by atoms with Crippen LogP contribution in [0, 0.1) is 0 Å². The molecule has 0 saturated carbocycles. The minimum absolute atomic E-state index is 0.134. The number of amides is 1. The monoisotopic (exact) mass is 330 g/mol. The standard InChI is InChI=1S/C15H20Cl2N2O2/c1-9-8-11(6-7-18-9)19-15(20)10(2)21-13-5-3-4-12(16)14(13)17/h3-5,9-11,18H,6-8H2,1-2H3,(H,19,20). The van der Waals surface area contributed by atoms with Crippen LogP contribution in [0.25, 0.3) is 0 Å². The van der Waals surface area contributed by atoms with Crippen molar-refractivity contribution >= 4 is 29.1 Å². The molecule has 1 saturated heterocycles. The Morgan fingerprint density at radius 2 is 2.24 bits per heavy atom. The summed E-state index contributed by atoms with van der Waals surface area (Å²) in [5.41, 5.74) is 0. The van der Waals surface area contributed by atoms with Crippen LogP contribution in [-0.4, -0.2) is 30.6 Å². The first kappa shape index (κ1) is 16.4. The lowest BCUT2D eigenvalue weighted by Crippen LogP contribution is -2.49. The molecule has 3 unspecified atom stereocenters. The summed E-state index contributed by atoms with van der Waals surface area (Å²) in [4.78, 5) is 12.2. The first-order valence-corrected chi connectivity index (χ1v) is 7.87. The van der Waals surface area contributed by atoms with Gasteiger partial charge in [-0.25, -0.2) is 0 Å². The fourth-order valence-electron chi connectivity index (χ4n) is 2.40. The number of ether oxygens (including phenoxy) is 1. The van der Waals surface area contributed by atoms with Crippen LogP contribution in [0.5, 0.6) is 5.75 Å². The van der Waals surface area contributed by atoms with E-state index in [0.29, 0.717) is 21.8 Å². The summed E-state index contributed by atoms with van der Waals surface area (Å²) in [5, 5.41) is 7.12. The Labute approximate surface area is 135 Å². The van der Waals surface area contributed by atoms with Crippen LogP contribution in [0.4, 0.5) is 0 Å². The molecule has 2 rings (SSSR count). The van der Waals surface area contributed by atoms with Gasteiger partial charge < -0.3 is 15.4 Å². The van der Waals surface area contributed by atoms with Gasteiger partial charge >= 0.3 is 0 Å². The number of rotatable bonds is 4. The number of benzene rings is 1. The average molecular weight is 331 g/mol. The second-order valence-electron chi connectivity index (χ2n) is 5.40. The molecule has 1 heterocycles. The van der Waals surface area contributed by atoms with Crippen molar-refractivity contribution in [3.63, 3.8) is 0 Å². The van der Waals surface area contributed by atoms with Crippen molar-refractivity contribution in [1.29, 1.82) is 0 Å². The summed E-state index contributed by atoms with van der Waals surface area (Å²) in [7, 11) is 0. The quantitative estimate of drug-likeness (QED) is 0.892. The van der Waals surface area contributed by atoms with Crippen LogP contribution in [0.2, 0.25) is 10.0 Å². The molecular weight excluding hydrogens is 311 g/mol. The maximum absolute atomic E-state index is 12.2. The van der Waals surface area contributed by atoms with Crippen LogP contribution in [0.3, 0.4) is 0 Å². The Morgan fingerprint density at radius 1 is 1.48 bits per heavy atom. The van der Waals surface area contributed by atoms with E-state index in [4.69, 9.17) is 27.9 Å². The number of carbonyl (C=O) groups is 1. The third kappa shape index (κ3) is 4.50. The Kier molecular flexibility index (Phi) is 5.73. The van der Waals surface area contributed by atoms with Gasteiger partial charge in [0.05, 0.1) is 5.02 Å². The van der Waals surface area contributed by atoms with Gasteiger partial charge in [-0.1, -0.05) is 29.3 Å². The van der Waals surface area contributed by atoms with E-state index in [1.165, 1.54) is 0 Å². The number of piperidine rings is 1. The maximum atomic E-state index is 12.2. The Morgan fingerprint density at radius 3 is 2.95 bits per heavy atom. The predicted molar refractivity (Wildman–Crippen MR) is 85.2 cm³/mol. The molecule has 1 aromatic carbocycles. The highest BCUT2D eigenvalue weighted by Crippen LogP contribution is 2.32. The van der Waals surface area contributed by atoms with Crippen LogP contribution in [0.1, 0.15) is 26.7 Å². The van der Waals surface area contributed by atoms with Crippen LogP contribution in [-0.2, 0) is 4.79 Å². The van der Waals surface area contributed by atoms with Gasteiger partial charge in [-0.15, -0.1) is 0 Å². The molecule has 6 heteroatoms. The molecule has 0 spiro atoms. The summed E-state index contributed by atoms with van der Waals surface area (Å²) in [6.45, 7) is 4.74. The molecule has 1 aliphatic rings. The molecular formula is C15H20Cl2N2O2. The normalized spacial score (nSPS) is 23.4. The number of nitrogens with one attached hydrogen (secondary N) is 2. The zero-order valence-electron chi connectivity index (χ0n) is 12.2. The zero-order chi connectivity index (χ0) is 15.4. The molecule has 0 radical (unpaired) electrons. The van der Waals surface area contributed by atoms with Crippen LogP contribution >= 0.6 is 23.2 Å². The van der Waals surface area contributed by atoms with Gasteiger partial charge in [0.1, 0.15) is 10.8 Å². The van der Waals surface area contributed by atoms with E-state index in [1.807, 2.05) is 0 Å². The summed E-state index contributed by atoms with van der Waals surface area (Å²) in [6, 6.07) is 5.72. The van der Waals surface area contributed by atoms with Crippen molar-refractivity contribution in [2.45, 2.75) is 44.9 Å². The first-order valence-electron chi connectivity index (χ1n) is 7.11. The van der Waals surface area contributed by atoms with Crippen molar-refractivity contribution in [2.75, 3.05) is 6.54 Å². The molecule has 0 aromatic heterocycles. The van der Waals surface area contributed by atoms with Gasteiger partial charge in [0.25, 0.3) is 5.91 Å². The van der Waals surface area contributed by atoms with Gasteiger partial charge in [-0.2, -0.15) is 0 Å². The summed E-state index contributed by atoms with van der Waals surface area (Å²) < 4.78 is 5.61. The van der Waals surface area contributed by atoms with Crippen molar-refractivity contribution < 1.29 is 9.53 Å². The van der Waals surface area contributed by atoms with E-state index in [1.54, 1.807) is 25.1 Å². The molecule has 1 aromatic rings. The molecule has 3 atom stereocenters. The zero-order valence-corrected chi connectivity index (χ0v) is 13.7. The molecule has 0 aliphatic carbocycles. The molecule has 4 nitrogen and oxygen atoms in total. The van der Waals surface area contributed by atoms with Crippen molar-refractivity contribution in [3.05, 3.63) is 28.2 Å². The lowest BCUT2D eigenvalue weighted by molar-refractivity contribution is -0.128. The summed E-state index contributed by atoms with van der Waals surface area (Å²) in [5.74, 6) is 0.288. The van der Waals surface area contributed by atoms with E-state index in [2.05, 4.69) is 17.6 Å². The Hall–Kier alpha value is -0.970. The second-order valence-corrected chi connectivity index (χ2v) is 6.18. The van der Waals surface area contributed by atoms with Gasteiger partial charge in [-0.3, -0.25) is 4.79 Å². The average Bonchev–Trinajstić information content (AvgIpc) is 2.44. The topological polar surface area (TPSA) is 50.4 Å². The van der Waals surface area contributed by atoms with Gasteiger partial charge in [0, 0.05) is 12.1 Å². The van der Waals surface area contributed by atoms with E-state index < -0.39 is 6.10 Å². The molecule has 1 aliphatic heterocycles. The molecule has 21 heavy (non-hydrogen) atoms. The highest BCUT2D eigenvalue weighted by molar-refractivity contribution is 6.42. The lowest BCUT2D eigenvalue weighted by atomic mass is 10.0. The maximum Gasteiger partial charge on any atom is 0.260 e. The van der Waals surface area contributed by atoms with Gasteiger partial charge in [0.2, 0.25) is 0 Å². The van der Waals surface area contributed by atoms with Crippen molar-refractivity contribution in [1.82, 2.24) is 10.6 Å². The Bertz CT molecular complexity index is 510. The van der Waals surface area contributed by atoms with Gasteiger partial charge in [0.15, 0.2) is 6.10 Å². The number of hydrogen-bond donors (Lipinski definition) is 2. The highest BCUT2D eigenvalue weighted by Gasteiger charge is 2.23. The second kappa shape index (κ2) is 7.34. The summed E-state index contributed by atoms with van der Waals surface area (Å²) in [6.07, 6.45) is 1.24. The van der Waals surface area contributed by atoms with Crippen molar-refractivity contribution in [2.24, 2.45) is 0 Å². The third-order valence-electron chi connectivity index (χ3n) is 3.56.